The number of rotatable bonds is 13. The summed E-state index contributed by atoms with van der Waals surface area (Å²) in [5, 5.41) is 5.47. The van der Waals surface area contributed by atoms with Crippen molar-refractivity contribution in [1.82, 2.24) is 15.5 Å². The van der Waals surface area contributed by atoms with Crippen molar-refractivity contribution < 1.29 is 23.9 Å². The number of nitrogens with one attached hydrogen (secondary N) is 2. The van der Waals surface area contributed by atoms with E-state index in [0.29, 0.717) is 17.5 Å². The molecule has 1 aromatic carbocycles. The molecular weight excluding hydrogens is 472 g/mol. The van der Waals surface area contributed by atoms with Crippen LogP contribution in [0.4, 0.5) is 4.79 Å². The number of nitrogens with two attached hydrogens (primary N) is 1. The van der Waals surface area contributed by atoms with Crippen molar-refractivity contribution in [3.8, 4) is 12.3 Å². The van der Waals surface area contributed by atoms with Crippen LogP contribution < -0.4 is 16.4 Å². The lowest BCUT2D eigenvalue weighted by Crippen LogP contribution is -2.54. The number of amides is 4. The zero-order valence-electron chi connectivity index (χ0n) is 22.9. The highest BCUT2D eigenvalue weighted by Crippen LogP contribution is 2.27. The molecule has 4 amide bonds. The maximum Gasteiger partial charge on any atom is 0.408 e. The van der Waals surface area contributed by atoms with Crippen LogP contribution in [-0.4, -0.2) is 52.9 Å². The molecule has 0 fully saturated rings. The second-order valence-electron chi connectivity index (χ2n) is 10.2. The van der Waals surface area contributed by atoms with Crippen molar-refractivity contribution in [3.05, 3.63) is 35.4 Å². The van der Waals surface area contributed by atoms with E-state index in [1.54, 1.807) is 45.0 Å². The number of carbonyl (C=O) groups excluding carboxylic acids is 4. The minimum Gasteiger partial charge on any atom is -0.444 e. The number of alkyl carbamates (subject to hydrolysis) is 1. The van der Waals surface area contributed by atoms with E-state index in [1.807, 2.05) is 20.8 Å². The molecule has 1 aromatic rings. The van der Waals surface area contributed by atoms with Crippen molar-refractivity contribution in [1.29, 1.82) is 0 Å². The van der Waals surface area contributed by atoms with Crippen molar-refractivity contribution in [2.24, 2.45) is 5.73 Å². The first kappa shape index (κ1) is 31.5. The van der Waals surface area contributed by atoms with E-state index in [-0.39, 0.29) is 25.4 Å². The summed E-state index contributed by atoms with van der Waals surface area (Å²) in [6.07, 6.45) is 7.09. The van der Waals surface area contributed by atoms with Crippen LogP contribution in [0.1, 0.15) is 90.8 Å². The smallest absolute Gasteiger partial charge is 0.408 e. The highest BCUT2D eigenvalue weighted by Gasteiger charge is 2.37. The first-order valence-electron chi connectivity index (χ1n) is 12.7. The van der Waals surface area contributed by atoms with Crippen LogP contribution in [0.2, 0.25) is 0 Å². The first-order chi connectivity index (χ1) is 17.3. The standard InChI is InChI=1S/C28H42N4O5/c1-8-10-13-18-32(24(25(34)30-19(3)4)21-15-12-11-14-20(21)9-2)26(35)22(16-17-23(29)33)31-27(36)37-28(5,6)7/h2,11-12,14-15,19,22,24H,8,10,13,16-18H2,1,3-7H3,(H2,29,33)(H,30,34)(H,31,36). The van der Waals surface area contributed by atoms with Crippen LogP contribution in [0.3, 0.4) is 0 Å². The molecule has 4 N–H and O–H groups in total. The molecule has 0 aliphatic carbocycles. The van der Waals surface area contributed by atoms with Crippen molar-refractivity contribution in [2.75, 3.05) is 6.54 Å². The van der Waals surface area contributed by atoms with E-state index < -0.39 is 41.5 Å². The van der Waals surface area contributed by atoms with Gasteiger partial charge in [-0.25, -0.2) is 4.79 Å². The molecule has 0 saturated carbocycles. The highest BCUT2D eigenvalue weighted by molar-refractivity contribution is 5.93. The second-order valence-corrected chi connectivity index (χ2v) is 10.2. The van der Waals surface area contributed by atoms with Crippen molar-refractivity contribution in [3.63, 3.8) is 0 Å². The molecule has 0 heterocycles. The second kappa shape index (κ2) is 14.9. The molecule has 0 aliphatic heterocycles. The Morgan fingerprint density at radius 1 is 1.11 bits per heavy atom. The summed E-state index contributed by atoms with van der Waals surface area (Å²) >= 11 is 0. The average Bonchev–Trinajstić information content (AvgIpc) is 2.79. The molecule has 0 spiro atoms. The summed E-state index contributed by atoms with van der Waals surface area (Å²) in [7, 11) is 0. The minimum atomic E-state index is -1.14. The predicted octanol–water partition coefficient (Wildman–Crippen LogP) is 3.41. The Morgan fingerprint density at radius 2 is 1.76 bits per heavy atom. The van der Waals surface area contributed by atoms with Gasteiger partial charge in [0.25, 0.3) is 0 Å². The Morgan fingerprint density at radius 3 is 2.30 bits per heavy atom. The lowest BCUT2D eigenvalue weighted by molar-refractivity contribution is -0.143. The van der Waals surface area contributed by atoms with Gasteiger partial charge in [-0.05, 0) is 59.1 Å². The van der Waals surface area contributed by atoms with E-state index in [9.17, 15) is 19.2 Å². The number of hydrogen-bond acceptors (Lipinski definition) is 5. The van der Waals surface area contributed by atoms with E-state index >= 15 is 0 Å². The number of benzene rings is 1. The highest BCUT2D eigenvalue weighted by atomic mass is 16.6. The molecular formula is C28H42N4O5. The van der Waals surface area contributed by atoms with Gasteiger partial charge >= 0.3 is 6.09 Å². The van der Waals surface area contributed by atoms with E-state index in [4.69, 9.17) is 16.9 Å². The molecule has 37 heavy (non-hydrogen) atoms. The molecule has 0 aromatic heterocycles. The lowest BCUT2D eigenvalue weighted by atomic mass is 9.96. The summed E-state index contributed by atoms with van der Waals surface area (Å²) in [5.74, 6) is 1.06. The molecule has 2 unspecified atom stereocenters. The molecule has 0 radical (unpaired) electrons. The van der Waals surface area contributed by atoms with Gasteiger partial charge in [0.15, 0.2) is 0 Å². The molecule has 0 saturated heterocycles. The van der Waals surface area contributed by atoms with Crippen LogP contribution >= 0.6 is 0 Å². The molecule has 0 aliphatic rings. The Hall–Kier alpha value is -3.54. The zero-order valence-corrected chi connectivity index (χ0v) is 22.9. The van der Waals surface area contributed by atoms with Crippen LogP contribution in [0.15, 0.2) is 24.3 Å². The number of hydrogen-bond donors (Lipinski definition) is 3. The van der Waals surface area contributed by atoms with Gasteiger partial charge < -0.3 is 26.0 Å². The van der Waals surface area contributed by atoms with Crippen LogP contribution in [0, 0.1) is 12.3 Å². The van der Waals surface area contributed by atoms with Gasteiger partial charge in [0, 0.05) is 24.6 Å². The fourth-order valence-electron chi connectivity index (χ4n) is 3.77. The zero-order chi connectivity index (χ0) is 28.2. The molecule has 2 atom stereocenters. The maximum absolute atomic E-state index is 14.0. The Kier molecular flexibility index (Phi) is 12.7. The van der Waals surface area contributed by atoms with Crippen LogP contribution in [0.25, 0.3) is 0 Å². The Labute approximate surface area is 220 Å². The van der Waals surface area contributed by atoms with Gasteiger partial charge in [-0.3, -0.25) is 14.4 Å². The first-order valence-corrected chi connectivity index (χ1v) is 12.7. The monoisotopic (exact) mass is 514 g/mol. The van der Waals surface area contributed by atoms with Crippen molar-refractivity contribution >= 4 is 23.8 Å². The van der Waals surface area contributed by atoms with Gasteiger partial charge in [0.1, 0.15) is 17.7 Å². The maximum atomic E-state index is 14.0. The normalized spacial score (nSPS) is 12.7. The van der Waals surface area contributed by atoms with Gasteiger partial charge in [0.2, 0.25) is 17.7 Å². The summed E-state index contributed by atoms with van der Waals surface area (Å²) in [6.45, 7) is 11.0. The Balaban J connectivity index is 3.57. The third-order valence-electron chi connectivity index (χ3n) is 5.36. The molecule has 9 nitrogen and oxygen atoms in total. The summed E-state index contributed by atoms with van der Waals surface area (Å²) in [4.78, 5) is 53.2. The summed E-state index contributed by atoms with van der Waals surface area (Å²) < 4.78 is 5.34. The lowest BCUT2D eigenvalue weighted by Gasteiger charge is -2.35. The Bertz CT molecular complexity index is 978. The number of terminal acetylenes is 1. The van der Waals surface area contributed by atoms with E-state index in [2.05, 4.69) is 16.6 Å². The molecule has 0 bridgehead atoms. The quantitative estimate of drug-likeness (QED) is 0.274. The number of carbonyl (C=O) groups is 4. The topological polar surface area (TPSA) is 131 Å². The van der Waals surface area contributed by atoms with Gasteiger partial charge in [0.05, 0.1) is 0 Å². The van der Waals surface area contributed by atoms with Gasteiger partial charge in [-0.1, -0.05) is 43.9 Å². The van der Waals surface area contributed by atoms with Crippen LogP contribution in [-0.2, 0) is 19.1 Å². The SMILES string of the molecule is C#Cc1ccccc1C(C(=O)NC(C)C)N(CCCCC)C(=O)C(CCC(N)=O)NC(=O)OC(C)(C)C. The summed E-state index contributed by atoms with van der Waals surface area (Å²) in [5.41, 5.74) is 5.53. The van der Waals surface area contributed by atoms with E-state index in [0.717, 1.165) is 12.8 Å². The fraction of sp³-hybridized carbons (Fsp3) is 0.571. The number of nitrogens with zero attached hydrogens (tertiary/aromatic N) is 1. The molecule has 9 heteroatoms. The predicted molar refractivity (Wildman–Crippen MR) is 143 cm³/mol. The number of unbranched alkanes of at least 4 members (excludes halogenated alkanes) is 2. The fourth-order valence-corrected chi connectivity index (χ4v) is 3.77. The molecule has 204 valence electrons. The third-order valence-corrected chi connectivity index (χ3v) is 5.36. The number of ether oxygens (including phenoxy) is 1. The molecule has 1 rings (SSSR count). The number of primary amides is 1. The van der Waals surface area contributed by atoms with Crippen molar-refractivity contribution in [2.45, 2.75) is 97.4 Å². The van der Waals surface area contributed by atoms with Gasteiger partial charge in [-0.15, -0.1) is 6.42 Å². The third kappa shape index (κ3) is 10.9. The average molecular weight is 515 g/mol. The van der Waals surface area contributed by atoms with Crippen LogP contribution in [0.5, 0.6) is 0 Å². The summed E-state index contributed by atoms with van der Waals surface area (Å²) in [6, 6.07) is 4.57. The minimum absolute atomic E-state index is 0.0486. The van der Waals surface area contributed by atoms with Gasteiger partial charge in [-0.2, -0.15) is 0 Å². The van der Waals surface area contributed by atoms with E-state index in [1.165, 1.54) is 4.90 Å². The largest absolute Gasteiger partial charge is 0.444 e.